The van der Waals surface area contributed by atoms with Gasteiger partial charge in [0.15, 0.2) is 6.10 Å². The number of anilines is 1. The third kappa shape index (κ3) is 4.37. The summed E-state index contributed by atoms with van der Waals surface area (Å²) in [6.45, 7) is 7.38. The molecule has 1 N–H and O–H groups in total. The Bertz CT molecular complexity index is 1100. The SMILES string of the molecule is COCc1c(C(=O)O[C@@H](C)C(=O)Nc2c(C)cc(C)cc2C)sc2cccc(F)c12. The highest BCUT2D eigenvalue weighted by molar-refractivity contribution is 7.21. The van der Waals surface area contributed by atoms with Crippen LogP contribution in [0.5, 0.6) is 0 Å². The topological polar surface area (TPSA) is 64.6 Å². The Morgan fingerprint density at radius 3 is 2.47 bits per heavy atom. The molecule has 0 saturated heterocycles. The van der Waals surface area contributed by atoms with Gasteiger partial charge in [-0.25, -0.2) is 9.18 Å². The number of fused-ring (bicyclic) bond motifs is 1. The molecule has 0 aliphatic heterocycles. The van der Waals surface area contributed by atoms with E-state index in [0.29, 0.717) is 21.3 Å². The summed E-state index contributed by atoms with van der Waals surface area (Å²) in [5.41, 5.74) is 4.10. The molecule has 0 unspecified atom stereocenters. The van der Waals surface area contributed by atoms with Crippen LogP contribution in [0.25, 0.3) is 10.1 Å². The molecule has 3 aromatic rings. The van der Waals surface area contributed by atoms with E-state index in [1.807, 2.05) is 32.9 Å². The van der Waals surface area contributed by atoms with Gasteiger partial charge in [-0.05, 0) is 51.0 Å². The van der Waals surface area contributed by atoms with Crippen LogP contribution in [0, 0.1) is 26.6 Å². The van der Waals surface area contributed by atoms with Crippen molar-refractivity contribution in [3.63, 3.8) is 0 Å². The van der Waals surface area contributed by atoms with E-state index >= 15 is 0 Å². The van der Waals surface area contributed by atoms with Crippen LogP contribution in [0.15, 0.2) is 30.3 Å². The Kier molecular flexibility index (Phi) is 6.53. The molecule has 1 atom stereocenters. The zero-order chi connectivity index (χ0) is 22.0. The van der Waals surface area contributed by atoms with Gasteiger partial charge in [-0.15, -0.1) is 11.3 Å². The highest BCUT2D eigenvalue weighted by Crippen LogP contribution is 2.34. The molecule has 1 aromatic heterocycles. The summed E-state index contributed by atoms with van der Waals surface area (Å²) in [7, 11) is 1.47. The van der Waals surface area contributed by atoms with Gasteiger partial charge in [0.25, 0.3) is 5.91 Å². The lowest BCUT2D eigenvalue weighted by atomic mass is 10.0. The monoisotopic (exact) mass is 429 g/mol. The van der Waals surface area contributed by atoms with Crippen LogP contribution in [0.1, 0.15) is 38.8 Å². The molecule has 7 heteroatoms. The Labute approximate surface area is 178 Å². The fraction of sp³-hybridized carbons (Fsp3) is 0.304. The van der Waals surface area contributed by atoms with E-state index in [9.17, 15) is 14.0 Å². The van der Waals surface area contributed by atoms with E-state index in [-0.39, 0.29) is 11.5 Å². The summed E-state index contributed by atoms with van der Waals surface area (Å²) in [5.74, 6) is -1.53. The van der Waals surface area contributed by atoms with Crippen molar-refractivity contribution in [2.45, 2.75) is 40.4 Å². The van der Waals surface area contributed by atoms with Gasteiger partial charge >= 0.3 is 5.97 Å². The Morgan fingerprint density at radius 1 is 1.17 bits per heavy atom. The minimum atomic E-state index is -1.02. The number of methoxy groups -OCH3 is 1. The molecule has 1 heterocycles. The quantitative estimate of drug-likeness (QED) is 0.541. The minimum absolute atomic E-state index is 0.0632. The third-order valence-corrected chi connectivity index (χ3v) is 5.99. The van der Waals surface area contributed by atoms with Gasteiger partial charge in [0.05, 0.1) is 6.61 Å². The number of aryl methyl sites for hydroxylation is 3. The number of halogens is 1. The third-order valence-electron chi connectivity index (χ3n) is 4.82. The van der Waals surface area contributed by atoms with Gasteiger partial charge in [-0.2, -0.15) is 0 Å². The summed E-state index contributed by atoms with van der Waals surface area (Å²) in [6.07, 6.45) is -1.02. The molecule has 0 fully saturated rings. The van der Waals surface area contributed by atoms with E-state index in [1.165, 1.54) is 20.1 Å². The lowest BCUT2D eigenvalue weighted by Gasteiger charge is -2.17. The standard InChI is InChI=1S/C23H24FNO4S/c1-12-9-13(2)20(14(3)10-12)25-22(26)15(4)29-23(27)21-16(11-28-5)19-17(24)7-6-8-18(19)30-21/h6-10,15H,11H2,1-5H3,(H,25,26)/t15-/m0/s1. The van der Waals surface area contributed by atoms with Crippen molar-refractivity contribution in [2.24, 2.45) is 0 Å². The van der Waals surface area contributed by atoms with Gasteiger partial charge < -0.3 is 14.8 Å². The van der Waals surface area contributed by atoms with Crippen molar-refractivity contribution < 1.29 is 23.5 Å². The molecule has 0 saturated carbocycles. The second-order valence-electron chi connectivity index (χ2n) is 7.27. The van der Waals surface area contributed by atoms with E-state index in [0.717, 1.165) is 28.0 Å². The van der Waals surface area contributed by atoms with Crippen LogP contribution < -0.4 is 5.32 Å². The number of esters is 1. The lowest BCUT2D eigenvalue weighted by molar-refractivity contribution is -0.123. The smallest absolute Gasteiger partial charge is 0.349 e. The maximum Gasteiger partial charge on any atom is 0.349 e. The first-order valence-corrected chi connectivity index (χ1v) is 10.3. The zero-order valence-corrected chi connectivity index (χ0v) is 18.4. The molecular formula is C23H24FNO4S. The number of amides is 1. The summed E-state index contributed by atoms with van der Waals surface area (Å²) < 4.78 is 25.5. The number of benzene rings is 2. The van der Waals surface area contributed by atoms with Crippen molar-refractivity contribution in [2.75, 3.05) is 12.4 Å². The van der Waals surface area contributed by atoms with Gasteiger partial charge in [0.1, 0.15) is 10.7 Å². The first-order valence-electron chi connectivity index (χ1n) is 9.51. The number of hydrogen-bond acceptors (Lipinski definition) is 5. The highest BCUT2D eigenvalue weighted by Gasteiger charge is 2.26. The van der Waals surface area contributed by atoms with Crippen molar-refractivity contribution in [1.29, 1.82) is 0 Å². The number of ether oxygens (including phenoxy) is 2. The average Bonchev–Trinajstić information content (AvgIpc) is 3.04. The summed E-state index contributed by atoms with van der Waals surface area (Å²) >= 11 is 1.12. The molecule has 0 aliphatic rings. The van der Waals surface area contributed by atoms with Crippen LogP contribution >= 0.6 is 11.3 Å². The average molecular weight is 430 g/mol. The Morgan fingerprint density at radius 2 is 1.83 bits per heavy atom. The second-order valence-corrected chi connectivity index (χ2v) is 8.32. The van der Waals surface area contributed by atoms with Crippen molar-refractivity contribution in [1.82, 2.24) is 0 Å². The second kappa shape index (κ2) is 8.93. The molecule has 0 aliphatic carbocycles. The maximum atomic E-state index is 14.3. The zero-order valence-electron chi connectivity index (χ0n) is 17.6. The van der Waals surface area contributed by atoms with E-state index in [1.54, 1.807) is 12.1 Å². The normalized spacial score (nSPS) is 12.1. The van der Waals surface area contributed by atoms with Gasteiger partial charge in [-0.1, -0.05) is 23.8 Å². The van der Waals surface area contributed by atoms with Crippen molar-refractivity contribution in [3.8, 4) is 0 Å². The van der Waals surface area contributed by atoms with Crippen LogP contribution in [0.2, 0.25) is 0 Å². The van der Waals surface area contributed by atoms with Gasteiger partial charge in [0.2, 0.25) is 0 Å². The molecular weight excluding hydrogens is 405 g/mol. The fourth-order valence-electron chi connectivity index (χ4n) is 3.48. The highest BCUT2D eigenvalue weighted by atomic mass is 32.1. The van der Waals surface area contributed by atoms with Gasteiger partial charge in [0, 0.05) is 28.4 Å². The molecule has 0 spiro atoms. The van der Waals surface area contributed by atoms with E-state index < -0.39 is 23.8 Å². The Hall–Kier alpha value is -2.77. The maximum absolute atomic E-state index is 14.3. The minimum Gasteiger partial charge on any atom is -0.448 e. The number of nitrogens with one attached hydrogen (secondary N) is 1. The van der Waals surface area contributed by atoms with Crippen molar-refractivity contribution in [3.05, 3.63) is 63.3 Å². The summed E-state index contributed by atoms with van der Waals surface area (Å²) in [4.78, 5) is 25.7. The largest absolute Gasteiger partial charge is 0.448 e. The number of rotatable bonds is 6. The van der Waals surface area contributed by atoms with Crippen LogP contribution in [-0.4, -0.2) is 25.1 Å². The first-order chi connectivity index (χ1) is 14.2. The summed E-state index contributed by atoms with van der Waals surface area (Å²) in [5, 5.41) is 3.19. The Balaban J connectivity index is 1.81. The number of thiophene rings is 1. The molecule has 1 amide bonds. The van der Waals surface area contributed by atoms with Crippen LogP contribution in [0.3, 0.4) is 0 Å². The number of carbonyl (C=O) groups is 2. The molecule has 0 bridgehead atoms. The molecule has 30 heavy (non-hydrogen) atoms. The van der Waals surface area contributed by atoms with Crippen LogP contribution in [-0.2, 0) is 20.9 Å². The summed E-state index contributed by atoms with van der Waals surface area (Å²) in [6, 6.07) is 8.61. The molecule has 0 radical (unpaired) electrons. The molecule has 3 rings (SSSR count). The predicted molar refractivity (Wildman–Crippen MR) is 117 cm³/mol. The fourth-order valence-corrected chi connectivity index (χ4v) is 4.59. The molecule has 2 aromatic carbocycles. The van der Waals surface area contributed by atoms with Crippen molar-refractivity contribution >= 4 is 39.0 Å². The molecule has 158 valence electrons. The number of hydrogen-bond donors (Lipinski definition) is 1. The predicted octanol–water partition coefficient (Wildman–Crippen LogP) is 5.30. The van der Waals surface area contributed by atoms with Gasteiger partial charge in [-0.3, -0.25) is 4.79 Å². The van der Waals surface area contributed by atoms with Crippen LogP contribution in [0.4, 0.5) is 10.1 Å². The first kappa shape index (κ1) is 21.9. The molecule has 5 nitrogen and oxygen atoms in total. The number of carbonyl (C=O) groups excluding carboxylic acids is 2. The van der Waals surface area contributed by atoms with E-state index in [2.05, 4.69) is 5.32 Å². The van der Waals surface area contributed by atoms with E-state index in [4.69, 9.17) is 9.47 Å². The lowest BCUT2D eigenvalue weighted by Crippen LogP contribution is -2.30.